The largest absolute Gasteiger partial charge is 0.323 e. The van der Waals surface area contributed by atoms with E-state index in [0.29, 0.717) is 0 Å². The third kappa shape index (κ3) is 2.08. The number of hydrogen-bond acceptors (Lipinski definition) is 3. The fraction of sp³-hybridized carbons (Fsp3) is 0.455. The van der Waals surface area contributed by atoms with E-state index in [1.54, 1.807) is 0 Å². The van der Waals surface area contributed by atoms with Gasteiger partial charge < -0.3 is 9.88 Å². The van der Waals surface area contributed by atoms with Crippen LogP contribution < -0.4 is 5.32 Å². The number of aromatic nitrogens is 4. The molecule has 5 heteroatoms. The van der Waals surface area contributed by atoms with E-state index in [4.69, 9.17) is 0 Å². The van der Waals surface area contributed by atoms with Gasteiger partial charge in [-0.05, 0) is 20.8 Å². The fourth-order valence-electron chi connectivity index (χ4n) is 1.62. The molecule has 86 valence electrons. The summed E-state index contributed by atoms with van der Waals surface area (Å²) in [5.74, 6) is 0.871. The van der Waals surface area contributed by atoms with Crippen LogP contribution >= 0.6 is 0 Å². The van der Waals surface area contributed by atoms with E-state index in [2.05, 4.69) is 33.8 Å². The van der Waals surface area contributed by atoms with Crippen LogP contribution in [0.4, 0.5) is 11.6 Å². The van der Waals surface area contributed by atoms with E-state index in [0.717, 1.165) is 30.4 Å². The van der Waals surface area contributed by atoms with Crippen molar-refractivity contribution >= 4 is 11.6 Å². The molecule has 0 atom stereocenters. The third-order valence-electron chi connectivity index (χ3n) is 2.45. The van der Waals surface area contributed by atoms with Gasteiger partial charge >= 0.3 is 0 Å². The number of nitrogens with one attached hydrogen (secondary N) is 1. The van der Waals surface area contributed by atoms with Crippen molar-refractivity contribution in [2.75, 3.05) is 5.32 Å². The van der Waals surface area contributed by atoms with E-state index in [1.165, 1.54) is 0 Å². The molecule has 2 heterocycles. The molecule has 0 saturated heterocycles. The molecular formula is C11H17N5. The van der Waals surface area contributed by atoms with Crippen molar-refractivity contribution in [3.63, 3.8) is 0 Å². The molecule has 0 aromatic carbocycles. The minimum Gasteiger partial charge on any atom is -0.323 e. The Morgan fingerprint density at radius 2 is 2.06 bits per heavy atom. The zero-order valence-corrected chi connectivity index (χ0v) is 9.94. The van der Waals surface area contributed by atoms with Gasteiger partial charge in [0.2, 0.25) is 5.95 Å². The maximum atomic E-state index is 4.43. The molecule has 5 nitrogen and oxygen atoms in total. The van der Waals surface area contributed by atoms with Gasteiger partial charge in [-0.25, -0.2) is 4.98 Å². The number of imidazole rings is 1. The van der Waals surface area contributed by atoms with Gasteiger partial charge in [0.15, 0.2) is 0 Å². The van der Waals surface area contributed by atoms with Gasteiger partial charge in [0, 0.05) is 25.5 Å². The van der Waals surface area contributed by atoms with E-state index < -0.39 is 0 Å². The van der Waals surface area contributed by atoms with Crippen molar-refractivity contribution in [2.24, 2.45) is 0 Å². The van der Waals surface area contributed by atoms with Gasteiger partial charge in [0.05, 0.1) is 17.6 Å². The van der Waals surface area contributed by atoms with Gasteiger partial charge in [0.1, 0.15) is 0 Å². The van der Waals surface area contributed by atoms with E-state index >= 15 is 0 Å². The zero-order valence-electron chi connectivity index (χ0n) is 9.94. The molecule has 2 aromatic heterocycles. The first-order valence-electron chi connectivity index (χ1n) is 5.56. The first kappa shape index (κ1) is 10.7. The van der Waals surface area contributed by atoms with Gasteiger partial charge in [-0.3, -0.25) is 4.68 Å². The lowest BCUT2D eigenvalue weighted by atomic mass is 10.5. The second-order valence-corrected chi connectivity index (χ2v) is 3.70. The standard InChI is InChI=1S/C11H17N5/c1-4-15-7-9(3)13-11(15)14-10-6-12-16(5-2)8-10/h6-8H,4-5H2,1-3H3,(H,13,14). The van der Waals surface area contributed by atoms with Crippen LogP contribution in [0.2, 0.25) is 0 Å². The summed E-state index contributed by atoms with van der Waals surface area (Å²) in [4.78, 5) is 4.43. The molecule has 1 N–H and O–H groups in total. The molecule has 16 heavy (non-hydrogen) atoms. The van der Waals surface area contributed by atoms with Gasteiger partial charge in [-0.15, -0.1) is 0 Å². The lowest BCUT2D eigenvalue weighted by Crippen LogP contribution is -2.00. The summed E-state index contributed by atoms with van der Waals surface area (Å²) in [6.07, 6.45) is 5.82. The molecule has 0 bridgehead atoms. The predicted octanol–water partition coefficient (Wildman–Crippen LogP) is 2.17. The Bertz CT molecular complexity index is 468. The summed E-state index contributed by atoms with van der Waals surface area (Å²) in [5.41, 5.74) is 1.99. The van der Waals surface area contributed by atoms with Crippen molar-refractivity contribution in [1.29, 1.82) is 0 Å². The summed E-state index contributed by atoms with van der Waals surface area (Å²) < 4.78 is 3.97. The molecule has 2 aromatic rings. The van der Waals surface area contributed by atoms with Crippen LogP contribution in [0, 0.1) is 6.92 Å². The second kappa shape index (κ2) is 4.38. The minimum atomic E-state index is 0.871. The summed E-state index contributed by atoms with van der Waals surface area (Å²) >= 11 is 0. The Morgan fingerprint density at radius 3 is 2.69 bits per heavy atom. The fourth-order valence-corrected chi connectivity index (χ4v) is 1.62. The van der Waals surface area contributed by atoms with Crippen LogP contribution in [0.5, 0.6) is 0 Å². The number of rotatable bonds is 4. The SMILES string of the molecule is CCn1cc(Nc2nc(C)cn2CC)cn1. The highest BCUT2D eigenvalue weighted by atomic mass is 15.3. The predicted molar refractivity (Wildman–Crippen MR) is 63.8 cm³/mol. The molecule has 0 aliphatic rings. The molecule has 0 amide bonds. The summed E-state index contributed by atoms with van der Waals surface area (Å²) in [6, 6.07) is 0. The summed E-state index contributed by atoms with van der Waals surface area (Å²) in [7, 11) is 0. The Labute approximate surface area is 95.1 Å². The van der Waals surface area contributed by atoms with Crippen LogP contribution in [-0.2, 0) is 13.1 Å². The Balaban J connectivity index is 2.19. The Kier molecular flexibility index (Phi) is 2.94. The monoisotopic (exact) mass is 219 g/mol. The minimum absolute atomic E-state index is 0.871. The highest BCUT2D eigenvalue weighted by Crippen LogP contribution is 2.15. The van der Waals surface area contributed by atoms with Crippen LogP contribution in [0.1, 0.15) is 19.5 Å². The van der Waals surface area contributed by atoms with E-state index in [1.807, 2.05) is 30.2 Å². The molecule has 0 aliphatic heterocycles. The van der Waals surface area contributed by atoms with Crippen molar-refractivity contribution in [3.8, 4) is 0 Å². The van der Waals surface area contributed by atoms with Crippen molar-refractivity contribution in [2.45, 2.75) is 33.9 Å². The maximum Gasteiger partial charge on any atom is 0.207 e. The quantitative estimate of drug-likeness (QED) is 0.857. The van der Waals surface area contributed by atoms with Crippen LogP contribution in [0.3, 0.4) is 0 Å². The lowest BCUT2D eigenvalue weighted by Gasteiger charge is -2.04. The van der Waals surface area contributed by atoms with Crippen LogP contribution in [0.25, 0.3) is 0 Å². The number of hydrogen-bond donors (Lipinski definition) is 1. The van der Waals surface area contributed by atoms with E-state index in [9.17, 15) is 0 Å². The number of aryl methyl sites for hydroxylation is 3. The Morgan fingerprint density at radius 1 is 1.25 bits per heavy atom. The summed E-state index contributed by atoms with van der Waals surface area (Å²) in [5, 5.41) is 7.48. The molecular weight excluding hydrogens is 202 g/mol. The highest BCUT2D eigenvalue weighted by molar-refractivity contribution is 5.51. The van der Waals surface area contributed by atoms with Gasteiger partial charge in [-0.2, -0.15) is 5.10 Å². The molecule has 0 saturated carbocycles. The zero-order chi connectivity index (χ0) is 11.5. The molecule has 0 spiro atoms. The normalized spacial score (nSPS) is 10.7. The van der Waals surface area contributed by atoms with Crippen LogP contribution in [0.15, 0.2) is 18.6 Å². The molecule has 2 rings (SSSR count). The first-order chi connectivity index (χ1) is 7.72. The first-order valence-corrected chi connectivity index (χ1v) is 5.56. The average Bonchev–Trinajstić information content (AvgIpc) is 2.85. The van der Waals surface area contributed by atoms with Crippen molar-refractivity contribution in [1.82, 2.24) is 19.3 Å². The average molecular weight is 219 g/mol. The lowest BCUT2D eigenvalue weighted by molar-refractivity contribution is 0.660. The topological polar surface area (TPSA) is 47.7 Å². The highest BCUT2D eigenvalue weighted by Gasteiger charge is 2.05. The number of anilines is 2. The van der Waals surface area contributed by atoms with Crippen molar-refractivity contribution < 1.29 is 0 Å². The molecule has 0 radical (unpaired) electrons. The Hall–Kier alpha value is -1.78. The molecule has 0 fully saturated rings. The maximum absolute atomic E-state index is 4.43. The second-order valence-electron chi connectivity index (χ2n) is 3.70. The van der Waals surface area contributed by atoms with Gasteiger partial charge in [0.25, 0.3) is 0 Å². The van der Waals surface area contributed by atoms with Crippen LogP contribution in [-0.4, -0.2) is 19.3 Å². The molecule has 0 unspecified atom stereocenters. The van der Waals surface area contributed by atoms with E-state index in [-0.39, 0.29) is 0 Å². The van der Waals surface area contributed by atoms with Crippen molar-refractivity contribution in [3.05, 3.63) is 24.3 Å². The van der Waals surface area contributed by atoms with Gasteiger partial charge in [-0.1, -0.05) is 0 Å². The molecule has 0 aliphatic carbocycles. The summed E-state index contributed by atoms with van der Waals surface area (Å²) in [6.45, 7) is 7.94. The number of nitrogens with zero attached hydrogens (tertiary/aromatic N) is 4. The smallest absolute Gasteiger partial charge is 0.207 e. The third-order valence-corrected chi connectivity index (χ3v) is 2.45.